The summed E-state index contributed by atoms with van der Waals surface area (Å²) in [4.78, 5) is 28.1. The zero-order valence-electron chi connectivity index (χ0n) is 16.5. The second-order valence-electron chi connectivity index (χ2n) is 6.80. The third-order valence-corrected chi connectivity index (χ3v) is 4.59. The molecule has 6 heteroatoms. The molecular formula is C25H19N3O3. The molecule has 0 aliphatic carbocycles. The fraction of sp³-hybridized carbons (Fsp3) is 0. The van der Waals surface area contributed by atoms with Gasteiger partial charge in [0.25, 0.3) is 5.91 Å². The maximum Gasteiger partial charge on any atom is 0.257 e. The van der Waals surface area contributed by atoms with Crippen LogP contribution in [0.15, 0.2) is 97.3 Å². The molecule has 1 heterocycles. The number of carbonyl (C=O) groups is 2. The Bertz CT molecular complexity index is 1200. The number of pyridine rings is 1. The van der Waals surface area contributed by atoms with E-state index in [1.807, 2.05) is 30.3 Å². The van der Waals surface area contributed by atoms with Crippen molar-refractivity contribution in [1.29, 1.82) is 0 Å². The van der Waals surface area contributed by atoms with Gasteiger partial charge in [0.15, 0.2) is 0 Å². The number of nitrogens with zero attached hydrogens (tertiary/aromatic N) is 1. The van der Waals surface area contributed by atoms with Crippen molar-refractivity contribution in [2.24, 2.45) is 5.73 Å². The van der Waals surface area contributed by atoms with E-state index < -0.39 is 5.91 Å². The third kappa shape index (κ3) is 4.94. The van der Waals surface area contributed by atoms with Crippen LogP contribution in [0.5, 0.6) is 11.5 Å². The predicted molar refractivity (Wildman–Crippen MR) is 119 cm³/mol. The van der Waals surface area contributed by atoms with Gasteiger partial charge in [-0.25, -0.2) is 0 Å². The van der Waals surface area contributed by atoms with E-state index in [0.29, 0.717) is 22.6 Å². The summed E-state index contributed by atoms with van der Waals surface area (Å²) >= 11 is 0. The molecule has 1 aromatic heterocycles. The van der Waals surface area contributed by atoms with Gasteiger partial charge in [0, 0.05) is 29.2 Å². The third-order valence-electron chi connectivity index (χ3n) is 4.59. The number of primary amides is 1. The molecule has 4 rings (SSSR count). The number of rotatable bonds is 6. The number of hydrogen-bond donors (Lipinski definition) is 2. The quantitative estimate of drug-likeness (QED) is 0.474. The van der Waals surface area contributed by atoms with Crippen molar-refractivity contribution < 1.29 is 14.3 Å². The van der Waals surface area contributed by atoms with E-state index >= 15 is 0 Å². The molecule has 0 radical (unpaired) electrons. The summed E-state index contributed by atoms with van der Waals surface area (Å²) in [6.45, 7) is 0. The largest absolute Gasteiger partial charge is 0.457 e. The van der Waals surface area contributed by atoms with Gasteiger partial charge >= 0.3 is 0 Å². The van der Waals surface area contributed by atoms with E-state index in [1.54, 1.807) is 60.8 Å². The van der Waals surface area contributed by atoms with Crippen molar-refractivity contribution in [2.45, 2.75) is 0 Å². The van der Waals surface area contributed by atoms with E-state index in [9.17, 15) is 9.59 Å². The Morgan fingerprint density at radius 1 is 0.742 bits per heavy atom. The van der Waals surface area contributed by atoms with Gasteiger partial charge in [0.2, 0.25) is 5.91 Å². The molecule has 0 aliphatic rings. The monoisotopic (exact) mass is 409 g/mol. The Morgan fingerprint density at radius 2 is 1.42 bits per heavy atom. The number of amides is 2. The van der Waals surface area contributed by atoms with Gasteiger partial charge in [-0.3, -0.25) is 14.6 Å². The minimum Gasteiger partial charge on any atom is -0.457 e. The van der Waals surface area contributed by atoms with Gasteiger partial charge in [0.05, 0.1) is 5.56 Å². The molecule has 3 aromatic carbocycles. The number of aromatic nitrogens is 1. The molecule has 0 saturated carbocycles. The van der Waals surface area contributed by atoms with Gasteiger partial charge in [-0.1, -0.05) is 30.3 Å². The zero-order valence-corrected chi connectivity index (χ0v) is 16.5. The van der Waals surface area contributed by atoms with Crippen LogP contribution in [-0.2, 0) is 0 Å². The standard InChI is InChI=1S/C25H19N3O3/c26-24(29)18-8-6-17(7-9-18)19-14-20(16-27-15-19)25(30)28-21-10-12-23(13-11-21)31-22-4-2-1-3-5-22/h1-16H,(H2,26,29)(H,28,30). The molecule has 0 bridgehead atoms. The van der Waals surface area contributed by atoms with E-state index in [2.05, 4.69) is 10.3 Å². The van der Waals surface area contributed by atoms with Crippen molar-refractivity contribution in [1.82, 2.24) is 4.98 Å². The molecule has 31 heavy (non-hydrogen) atoms. The van der Waals surface area contributed by atoms with Crippen molar-refractivity contribution in [3.63, 3.8) is 0 Å². The minimum absolute atomic E-state index is 0.278. The second kappa shape index (κ2) is 8.92. The van der Waals surface area contributed by atoms with E-state index in [0.717, 1.165) is 16.9 Å². The van der Waals surface area contributed by atoms with Crippen molar-refractivity contribution >= 4 is 17.5 Å². The van der Waals surface area contributed by atoms with Crippen molar-refractivity contribution in [3.8, 4) is 22.6 Å². The number of para-hydroxylation sites is 1. The first kappa shape index (κ1) is 19.8. The van der Waals surface area contributed by atoms with Crippen molar-refractivity contribution in [2.75, 3.05) is 5.32 Å². The average Bonchev–Trinajstić information content (AvgIpc) is 2.81. The number of nitrogens with one attached hydrogen (secondary N) is 1. The Kier molecular flexibility index (Phi) is 5.71. The van der Waals surface area contributed by atoms with E-state index in [1.165, 1.54) is 6.20 Å². The van der Waals surface area contributed by atoms with Crippen LogP contribution in [0.25, 0.3) is 11.1 Å². The van der Waals surface area contributed by atoms with Gasteiger partial charge in [0.1, 0.15) is 11.5 Å². The van der Waals surface area contributed by atoms with Crippen LogP contribution in [-0.4, -0.2) is 16.8 Å². The highest BCUT2D eigenvalue weighted by Crippen LogP contribution is 2.24. The Labute approximate surface area is 179 Å². The molecule has 0 unspecified atom stereocenters. The summed E-state index contributed by atoms with van der Waals surface area (Å²) in [5, 5.41) is 2.86. The first-order valence-corrected chi connectivity index (χ1v) is 9.58. The SMILES string of the molecule is NC(=O)c1ccc(-c2cncc(C(=O)Nc3ccc(Oc4ccccc4)cc3)c2)cc1. The molecule has 0 aliphatic heterocycles. The lowest BCUT2D eigenvalue weighted by molar-refractivity contribution is 0.0997. The molecule has 2 amide bonds. The minimum atomic E-state index is -0.488. The van der Waals surface area contributed by atoms with Crippen LogP contribution in [0.2, 0.25) is 0 Å². The summed E-state index contributed by atoms with van der Waals surface area (Å²) < 4.78 is 5.76. The van der Waals surface area contributed by atoms with Crippen LogP contribution in [0, 0.1) is 0 Å². The van der Waals surface area contributed by atoms with Gasteiger partial charge in [-0.15, -0.1) is 0 Å². The van der Waals surface area contributed by atoms with Gasteiger partial charge < -0.3 is 15.8 Å². The lowest BCUT2D eigenvalue weighted by Crippen LogP contribution is -2.12. The molecule has 0 saturated heterocycles. The molecule has 3 N–H and O–H groups in total. The topological polar surface area (TPSA) is 94.3 Å². The maximum atomic E-state index is 12.7. The highest BCUT2D eigenvalue weighted by atomic mass is 16.5. The second-order valence-corrected chi connectivity index (χ2v) is 6.80. The van der Waals surface area contributed by atoms with Crippen molar-refractivity contribution in [3.05, 3.63) is 108 Å². The molecule has 152 valence electrons. The number of anilines is 1. The summed E-state index contributed by atoms with van der Waals surface area (Å²) in [7, 11) is 0. The van der Waals surface area contributed by atoms with E-state index in [-0.39, 0.29) is 5.91 Å². The van der Waals surface area contributed by atoms with Gasteiger partial charge in [-0.05, 0) is 60.2 Å². The summed E-state index contributed by atoms with van der Waals surface area (Å²) in [5.41, 5.74) is 8.34. The fourth-order valence-electron chi connectivity index (χ4n) is 2.98. The van der Waals surface area contributed by atoms with Crippen LogP contribution >= 0.6 is 0 Å². The highest BCUT2D eigenvalue weighted by molar-refractivity contribution is 6.04. The molecule has 4 aromatic rings. The predicted octanol–water partition coefficient (Wildman–Crippen LogP) is 4.89. The van der Waals surface area contributed by atoms with Crippen LogP contribution in [0.3, 0.4) is 0 Å². The highest BCUT2D eigenvalue weighted by Gasteiger charge is 2.10. The molecule has 6 nitrogen and oxygen atoms in total. The zero-order chi connectivity index (χ0) is 21.6. The van der Waals surface area contributed by atoms with E-state index in [4.69, 9.17) is 10.5 Å². The number of carbonyl (C=O) groups excluding carboxylic acids is 2. The van der Waals surface area contributed by atoms with Crippen LogP contribution in [0.4, 0.5) is 5.69 Å². The van der Waals surface area contributed by atoms with Gasteiger partial charge in [-0.2, -0.15) is 0 Å². The Hall–Kier alpha value is -4.45. The Balaban J connectivity index is 1.45. The fourth-order valence-corrected chi connectivity index (χ4v) is 2.98. The average molecular weight is 409 g/mol. The van der Waals surface area contributed by atoms with Crippen LogP contribution < -0.4 is 15.8 Å². The lowest BCUT2D eigenvalue weighted by atomic mass is 10.0. The number of benzene rings is 3. The Morgan fingerprint density at radius 3 is 2.10 bits per heavy atom. The number of ether oxygens (including phenoxy) is 1. The smallest absolute Gasteiger partial charge is 0.257 e. The van der Waals surface area contributed by atoms with Crippen LogP contribution in [0.1, 0.15) is 20.7 Å². The first-order chi connectivity index (χ1) is 15.1. The summed E-state index contributed by atoms with van der Waals surface area (Å²) in [5.74, 6) is 0.649. The lowest BCUT2D eigenvalue weighted by Gasteiger charge is -2.09. The summed E-state index contributed by atoms with van der Waals surface area (Å²) in [6.07, 6.45) is 3.16. The number of hydrogen-bond acceptors (Lipinski definition) is 4. The first-order valence-electron chi connectivity index (χ1n) is 9.58. The molecule has 0 atom stereocenters. The maximum absolute atomic E-state index is 12.7. The summed E-state index contributed by atoms with van der Waals surface area (Å²) in [6, 6.07) is 25.2. The molecule has 0 spiro atoms. The number of nitrogens with two attached hydrogens (primary N) is 1. The normalized spacial score (nSPS) is 10.3. The molecule has 0 fully saturated rings. The molecular weight excluding hydrogens is 390 g/mol.